The normalized spacial score (nSPS) is 19.2. The summed E-state index contributed by atoms with van der Waals surface area (Å²) < 4.78 is 38.4. The molecule has 1 unspecified atom stereocenters. The number of aryl methyl sites for hydroxylation is 2. The smallest absolute Gasteiger partial charge is 0.240 e. The maximum absolute atomic E-state index is 12.6. The van der Waals surface area contributed by atoms with Gasteiger partial charge in [-0.15, -0.1) is 0 Å². The molecule has 26 heavy (non-hydrogen) atoms. The average Bonchev–Trinajstić information content (AvgIpc) is 2.96. The Kier molecular flexibility index (Phi) is 4.96. The van der Waals surface area contributed by atoms with Crippen molar-refractivity contribution in [3.05, 3.63) is 53.1 Å². The third-order valence-electron chi connectivity index (χ3n) is 4.86. The topological polar surface area (TPSA) is 84.9 Å². The lowest BCUT2D eigenvalue weighted by molar-refractivity contribution is 0.0440. The predicted molar refractivity (Wildman–Crippen MR) is 98.1 cm³/mol. The number of hydrogen-bond acceptors (Lipinski definition) is 5. The Bertz CT molecular complexity index is 926. The second kappa shape index (κ2) is 6.90. The Morgan fingerprint density at radius 3 is 2.46 bits per heavy atom. The zero-order valence-corrected chi connectivity index (χ0v) is 15.9. The van der Waals surface area contributed by atoms with Gasteiger partial charge in [0.25, 0.3) is 0 Å². The Hall–Kier alpha value is -2.09. The molecule has 0 aromatic heterocycles. The van der Waals surface area contributed by atoms with E-state index in [9.17, 15) is 13.5 Å². The maximum atomic E-state index is 12.6. The summed E-state index contributed by atoms with van der Waals surface area (Å²) in [4.78, 5) is 0.217. The van der Waals surface area contributed by atoms with Gasteiger partial charge in [0.1, 0.15) is 5.60 Å². The number of rotatable bonds is 6. The summed E-state index contributed by atoms with van der Waals surface area (Å²) in [6.45, 7) is 1.64. The van der Waals surface area contributed by atoms with Gasteiger partial charge in [0.05, 0.1) is 19.1 Å². The lowest BCUT2D eigenvalue weighted by atomic mass is 9.96. The second-order valence-electron chi connectivity index (χ2n) is 6.49. The molecule has 0 aliphatic heterocycles. The fourth-order valence-electron chi connectivity index (χ4n) is 3.37. The largest absolute Gasteiger partial charge is 0.493 e. The Morgan fingerprint density at radius 2 is 1.81 bits per heavy atom. The van der Waals surface area contributed by atoms with Crippen molar-refractivity contribution in [2.24, 2.45) is 0 Å². The van der Waals surface area contributed by atoms with Crippen molar-refractivity contribution in [3.63, 3.8) is 0 Å². The van der Waals surface area contributed by atoms with Crippen molar-refractivity contribution in [2.75, 3.05) is 20.8 Å². The summed E-state index contributed by atoms with van der Waals surface area (Å²) in [6.07, 6.45) is 1.06. The van der Waals surface area contributed by atoms with E-state index in [4.69, 9.17) is 9.47 Å². The van der Waals surface area contributed by atoms with Crippen LogP contribution in [-0.2, 0) is 22.0 Å². The van der Waals surface area contributed by atoms with Crippen molar-refractivity contribution in [2.45, 2.75) is 30.3 Å². The van der Waals surface area contributed by atoms with Crippen LogP contribution in [0, 0.1) is 6.92 Å². The Balaban J connectivity index is 1.87. The van der Waals surface area contributed by atoms with E-state index in [0.717, 1.165) is 5.56 Å². The SMILES string of the molecule is COc1cc2c(cc1OC)C(O)(CNS(=O)(=O)c1ccccc1C)CC2. The number of fused-ring (bicyclic) bond motifs is 1. The van der Waals surface area contributed by atoms with Crippen molar-refractivity contribution in [1.82, 2.24) is 4.72 Å². The quantitative estimate of drug-likeness (QED) is 0.806. The van der Waals surface area contributed by atoms with Gasteiger partial charge in [0.15, 0.2) is 11.5 Å². The summed E-state index contributed by atoms with van der Waals surface area (Å²) in [5.74, 6) is 1.10. The number of nitrogens with one attached hydrogen (secondary N) is 1. The number of methoxy groups -OCH3 is 2. The lowest BCUT2D eigenvalue weighted by Crippen LogP contribution is -2.39. The number of ether oxygens (including phenoxy) is 2. The van der Waals surface area contributed by atoms with Crippen LogP contribution in [0.4, 0.5) is 0 Å². The van der Waals surface area contributed by atoms with E-state index < -0.39 is 15.6 Å². The summed E-state index contributed by atoms with van der Waals surface area (Å²) in [5.41, 5.74) is 0.970. The van der Waals surface area contributed by atoms with Crippen LogP contribution < -0.4 is 14.2 Å². The molecule has 1 aliphatic carbocycles. The molecule has 0 fully saturated rings. The standard InChI is InChI=1S/C19H23NO5S/c1-13-6-4-5-7-18(13)26(22,23)20-12-19(21)9-8-14-10-16(24-2)17(25-3)11-15(14)19/h4-7,10-11,20-21H,8-9,12H2,1-3H3. The summed E-state index contributed by atoms with van der Waals surface area (Å²) in [5, 5.41) is 11.1. The van der Waals surface area contributed by atoms with E-state index in [0.29, 0.717) is 35.5 Å². The van der Waals surface area contributed by atoms with E-state index in [1.54, 1.807) is 44.4 Å². The number of sulfonamides is 1. The van der Waals surface area contributed by atoms with Crippen LogP contribution in [0.1, 0.15) is 23.1 Å². The van der Waals surface area contributed by atoms with Crippen LogP contribution in [0.3, 0.4) is 0 Å². The lowest BCUT2D eigenvalue weighted by Gasteiger charge is -2.25. The van der Waals surface area contributed by atoms with Gasteiger partial charge in [-0.05, 0) is 54.7 Å². The number of benzene rings is 2. The summed E-state index contributed by atoms with van der Waals surface area (Å²) in [6, 6.07) is 10.3. The minimum atomic E-state index is -3.71. The zero-order valence-electron chi connectivity index (χ0n) is 15.1. The minimum absolute atomic E-state index is 0.105. The molecule has 0 amide bonds. The fourth-order valence-corrected chi connectivity index (χ4v) is 4.70. The van der Waals surface area contributed by atoms with Gasteiger partial charge < -0.3 is 14.6 Å². The molecule has 0 spiro atoms. The first-order valence-electron chi connectivity index (χ1n) is 8.34. The Labute approximate surface area is 153 Å². The van der Waals surface area contributed by atoms with E-state index in [2.05, 4.69) is 4.72 Å². The summed E-state index contributed by atoms with van der Waals surface area (Å²) in [7, 11) is -0.629. The molecule has 0 heterocycles. The zero-order chi connectivity index (χ0) is 18.9. The molecule has 2 aromatic carbocycles. The second-order valence-corrected chi connectivity index (χ2v) is 8.22. The molecule has 140 valence electrons. The summed E-state index contributed by atoms with van der Waals surface area (Å²) >= 11 is 0. The molecule has 1 atom stereocenters. The molecule has 2 aromatic rings. The van der Waals surface area contributed by atoms with Crippen molar-refractivity contribution in [3.8, 4) is 11.5 Å². The number of hydrogen-bond donors (Lipinski definition) is 2. The van der Waals surface area contributed by atoms with E-state index in [1.165, 1.54) is 7.11 Å². The van der Waals surface area contributed by atoms with Gasteiger partial charge >= 0.3 is 0 Å². The fraction of sp³-hybridized carbons (Fsp3) is 0.368. The third kappa shape index (κ3) is 3.30. The first-order chi connectivity index (χ1) is 12.3. The predicted octanol–water partition coefficient (Wildman–Crippen LogP) is 2.12. The van der Waals surface area contributed by atoms with Crippen molar-refractivity contribution in [1.29, 1.82) is 0 Å². The number of aliphatic hydroxyl groups is 1. The Morgan fingerprint density at radius 1 is 1.15 bits per heavy atom. The first kappa shape index (κ1) is 18.7. The average molecular weight is 377 g/mol. The molecule has 1 aliphatic rings. The van der Waals surface area contributed by atoms with Crippen LogP contribution in [0.25, 0.3) is 0 Å². The van der Waals surface area contributed by atoms with E-state index in [1.807, 2.05) is 6.07 Å². The molecule has 7 heteroatoms. The van der Waals surface area contributed by atoms with Gasteiger partial charge in [0.2, 0.25) is 10.0 Å². The van der Waals surface area contributed by atoms with Crippen LogP contribution >= 0.6 is 0 Å². The van der Waals surface area contributed by atoms with E-state index >= 15 is 0 Å². The van der Waals surface area contributed by atoms with Crippen LogP contribution in [0.2, 0.25) is 0 Å². The third-order valence-corrected chi connectivity index (χ3v) is 6.42. The maximum Gasteiger partial charge on any atom is 0.240 e. The molecule has 0 saturated carbocycles. The van der Waals surface area contributed by atoms with Crippen LogP contribution in [-0.4, -0.2) is 34.3 Å². The highest BCUT2D eigenvalue weighted by atomic mass is 32.2. The minimum Gasteiger partial charge on any atom is -0.493 e. The van der Waals surface area contributed by atoms with Gasteiger partial charge in [-0.3, -0.25) is 0 Å². The highest BCUT2D eigenvalue weighted by molar-refractivity contribution is 7.89. The van der Waals surface area contributed by atoms with E-state index in [-0.39, 0.29) is 11.4 Å². The monoisotopic (exact) mass is 377 g/mol. The van der Waals surface area contributed by atoms with Gasteiger partial charge in [-0.1, -0.05) is 18.2 Å². The molecule has 0 saturated heterocycles. The molecule has 6 nitrogen and oxygen atoms in total. The van der Waals surface area contributed by atoms with Gasteiger partial charge in [-0.2, -0.15) is 0 Å². The molecule has 0 bridgehead atoms. The highest BCUT2D eigenvalue weighted by Gasteiger charge is 2.39. The van der Waals surface area contributed by atoms with Gasteiger partial charge in [0, 0.05) is 6.54 Å². The van der Waals surface area contributed by atoms with Crippen LogP contribution in [0.5, 0.6) is 11.5 Å². The van der Waals surface area contributed by atoms with Crippen molar-refractivity contribution < 1.29 is 23.0 Å². The molecule has 2 N–H and O–H groups in total. The first-order valence-corrected chi connectivity index (χ1v) is 9.82. The molecule has 3 rings (SSSR count). The van der Waals surface area contributed by atoms with Gasteiger partial charge in [-0.25, -0.2) is 13.1 Å². The molecular formula is C19H23NO5S. The van der Waals surface area contributed by atoms with Crippen LogP contribution in [0.15, 0.2) is 41.3 Å². The molecular weight excluding hydrogens is 354 g/mol. The van der Waals surface area contributed by atoms with Crippen molar-refractivity contribution >= 4 is 10.0 Å². The molecule has 0 radical (unpaired) electrons. The highest BCUT2D eigenvalue weighted by Crippen LogP contribution is 2.42.